The van der Waals surface area contributed by atoms with Crippen molar-refractivity contribution >= 4 is 27.2 Å². The van der Waals surface area contributed by atoms with Gasteiger partial charge in [0.25, 0.3) is 0 Å². The van der Waals surface area contributed by atoms with E-state index in [0.717, 1.165) is 28.2 Å². The summed E-state index contributed by atoms with van der Waals surface area (Å²) in [4.78, 5) is 0.471. The summed E-state index contributed by atoms with van der Waals surface area (Å²) in [5.41, 5.74) is 2.80. The fourth-order valence-electron chi connectivity index (χ4n) is 1.77. The van der Waals surface area contributed by atoms with Gasteiger partial charge in [-0.1, -0.05) is 19.1 Å². The van der Waals surface area contributed by atoms with Crippen LogP contribution in [-0.4, -0.2) is 19.9 Å². The maximum absolute atomic E-state index is 11.9. The van der Waals surface area contributed by atoms with Gasteiger partial charge in [0, 0.05) is 11.2 Å². The molecular formula is C12H14O2S2. The van der Waals surface area contributed by atoms with Gasteiger partial charge in [-0.15, -0.1) is 0 Å². The summed E-state index contributed by atoms with van der Waals surface area (Å²) in [6, 6.07) is 5.63. The molecule has 0 atom stereocenters. The summed E-state index contributed by atoms with van der Waals surface area (Å²) in [5, 5.41) is 1.42. The first kappa shape index (κ1) is 11.7. The van der Waals surface area contributed by atoms with E-state index in [-0.39, 0.29) is 0 Å². The molecule has 0 radical (unpaired) electrons. The van der Waals surface area contributed by atoms with Gasteiger partial charge in [-0.3, -0.25) is 0 Å². The third-order valence-electron chi connectivity index (χ3n) is 2.55. The second kappa shape index (κ2) is 4.26. The van der Waals surface area contributed by atoms with Crippen LogP contribution in [0.15, 0.2) is 28.5 Å². The summed E-state index contributed by atoms with van der Waals surface area (Å²) in [5.74, 6) is 1.77. The van der Waals surface area contributed by atoms with E-state index in [0.29, 0.717) is 4.90 Å². The molecule has 0 aliphatic carbocycles. The van der Waals surface area contributed by atoms with Gasteiger partial charge in [-0.05, 0) is 35.4 Å². The fraction of sp³-hybridized carbons (Fsp3) is 0.333. The van der Waals surface area contributed by atoms with Crippen LogP contribution in [0.5, 0.6) is 0 Å². The molecule has 0 bridgehead atoms. The molecule has 2 nitrogen and oxygen atoms in total. The van der Waals surface area contributed by atoms with Crippen molar-refractivity contribution in [2.75, 3.05) is 11.5 Å². The van der Waals surface area contributed by atoms with Gasteiger partial charge in [0.2, 0.25) is 9.84 Å². The van der Waals surface area contributed by atoms with E-state index < -0.39 is 9.84 Å². The van der Waals surface area contributed by atoms with E-state index in [9.17, 15) is 8.42 Å². The minimum atomic E-state index is -3.18. The summed E-state index contributed by atoms with van der Waals surface area (Å²) in [6.07, 6.45) is 0. The Kier molecular flexibility index (Phi) is 3.13. The normalized spacial score (nSPS) is 17.0. The number of aryl methyl sites for hydroxylation is 1. The number of rotatable bonds is 3. The summed E-state index contributed by atoms with van der Waals surface area (Å²) < 4.78 is 23.8. The Morgan fingerprint density at radius 1 is 1.31 bits per heavy atom. The first-order valence-corrected chi connectivity index (χ1v) is 7.89. The lowest BCUT2D eigenvalue weighted by Gasteiger charge is -2.04. The Morgan fingerprint density at radius 3 is 2.75 bits per heavy atom. The lowest BCUT2D eigenvalue weighted by Crippen LogP contribution is -1.93. The topological polar surface area (TPSA) is 34.1 Å². The van der Waals surface area contributed by atoms with E-state index in [1.54, 1.807) is 17.8 Å². The Morgan fingerprint density at radius 2 is 2.06 bits per heavy atom. The molecule has 86 valence electrons. The minimum Gasteiger partial charge on any atom is -0.219 e. The van der Waals surface area contributed by atoms with Gasteiger partial charge < -0.3 is 0 Å². The van der Waals surface area contributed by atoms with Crippen LogP contribution in [0, 0.1) is 6.92 Å². The average molecular weight is 254 g/mol. The van der Waals surface area contributed by atoms with Crippen molar-refractivity contribution in [1.82, 2.24) is 0 Å². The maximum Gasteiger partial charge on any atom is 0.200 e. The molecule has 0 fully saturated rings. The van der Waals surface area contributed by atoms with Crippen LogP contribution in [0.4, 0.5) is 0 Å². The van der Waals surface area contributed by atoms with Crippen LogP contribution in [-0.2, 0) is 9.84 Å². The molecule has 16 heavy (non-hydrogen) atoms. The van der Waals surface area contributed by atoms with Crippen molar-refractivity contribution in [2.24, 2.45) is 0 Å². The lowest BCUT2D eigenvalue weighted by atomic mass is 10.1. The van der Waals surface area contributed by atoms with Gasteiger partial charge in [-0.25, -0.2) is 8.42 Å². The number of hydrogen-bond acceptors (Lipinski definition) is 3. The molecule has 0 saturated carbocycles. The highest BCUT2D eigenvalue weighted by molar-refractivity contribution is 8.00. The Labute approximate surface area is 101 Å². The van der Waals surface area contributed by atoms with Crippen molar-refractivity contribution in [2.45, 2.75) is 18.7 Å². The zero-order valence-electron chi connectivity index (χ0n) is 9.36. The average Bonchev–Trinajstić information content (AvgIpc) is 2.48. The first-order valence-electron chi connectivity index (χ1n) is 5.19. The standard InChI is InChI=1S/C12H14O2S2/c1-3-15-7-10-8-16(13,14)12-6-9(2)4-5-11(10)12/h4-6,8H,3,7H2,1-2H3. The van der Waals surface area contributed by atoms with E-state index in [1.165, 1.54) is 5.41 Å². The molecule has 0 spiro atoms. The molecule has 0 amide bonds. The zero-order valence-corrected chi connectivity index (χ0v) is 11.0. The summed E-state index contributed by atoms with van der Waals surface area (Å²) >= 11 is 1.74. The SMILES string of the molecule is CCSCC1=CS(=O)(=O)c2cc(C)ccc21. The molecule has 0 aromatic heterocycles. The third kappa shape index (κ3) is 2.04. The predicted octanol–water partition coefficient (Wildman–Crippen LogP) is 2.88. The highest BCUT2D eigenvalue weighted by atomic mass is 32.2. The van der Waals surface area contributed by atoms with E-state index >= 15 is 0 Å². The molecule has 1 aromatic rings. The second-order valence-electron chi connectivity index (χ2n) is 3.82. The number of sulfone groups is 1. The van der Waals surface area contributed by atoms with E-state index in [2.05, 4.69) is 6.92 Å². The molecule has 1 heterocycles. The van der Waals surface area contributed by atoms with Crippen LogP contribution in [0.25, 0.3) is 5.57 Å². The fourth-order valence-corrected chi connectivity index (χ4v) is 4.10. The Hall–Kier alpha value is -0.740. The minimum absolute atomic E-state index is 0.471. The van der Waals surface area contributed by atoms with Crippen molar-refractivity contribution in [3.63, 3.8) is 0 Å². The molecule has 0 saturated heterocycles. The molecule has 1 aliphatic rings. The van der Waals surface area contributed by atoms with Crippen molar-refractivity contribution in [3.05, 3.63) is 34.7 Å². The summed E-state index contributed by atoms with van der Waals surface area (Å²) in [6.45, 7) is 3.99. The van der Waals surface area contributed by atoms with E-state index in [4.69, 9.17) is 0 Å². The van der Waals surface area contributed by atoms with Gasteiger partial charge in [0.1, 0.15) is 0 Å². The predicted molar refractivity (Wildman–Crippen MR) is 69.3 cm³/mol. The lowest BCUT2D eigenvalue weighted by molar-refractivity contribution is 0.605. The molecule has 1 aromatic carbocycles. The smallest absolute Gasteiger partial charge is 0.200 e. The molecular weight excluding hydrogens is 240 g/mol. The first-order chi connectivity index (χ1) is 7.54. The number of fused-ring (bicyclic) bond motifs is 1. The highest BCUT2D eigenvalue weighted by Gasteiger charge is 2.26. The van der Waals surface area contributed by atoms with Gasteiger partial charge in [-0.2, -0.15) is 11.8 Å². The largest absolute Gasteiger partial charge is 0.219 e. The molecule has 0 N–H and O–H groups in total. The number of hydrogen-bond donors (Lipinski definition) is 0. The second-order valence-corrected chi connectivity index (χ2v) is 6.86. The van der Waals surface area contributed by atoms with Gasteiger partial charge in [0.15, 0.2) is 0 Å². The molecule has 0 unspecified atom stereocenters. The Bertz CT molecular complexity index is 542. The monoisotopic (exact) mass is 254 g/mol. The quantitative estimate of drug-likeness (QED) is 0.831. The van der Waals surface area contributed by atoms with E-state index in [1.807, 2.05) is 19.1 Å². The Balaban J connectivity index is 2.48. The van der Waals surface area contributed by atoms with Crippen molar-refractivity contribution in [1.29, 1.82) is 0 Å². The highest BCUT2D eigenvalue weighted by Crippen LogP contribution is 2.35. The number of benzene rings is 1. The molecule has 4 heteroatoms. The van der Waals surface area contributed by atoms with Crippen LogP contribution in [0.1, 0.15) is 18.1 Å². The van der Waals surface area contributed by atoms with Crippen LogP contribution < -0.4 is 0 Å². The zero-order chi connectivity index (χ0) is 11.8. The van der Waals surface area contributed by atoms with Crippen molar-refractivity contribution < 1.29 is 8.42 Å². The molecule has 2 rings (SSSR count). The number of thioether (sulfide) groups is 1. The van der Waals surface area contributed by atoms with Gasteiger partial charge in [0.05, 0.1) is 4.90 Å². The van der Waals surface area contributed by atoms with Crippen molar-refractivity contribution in [3.8, 4) is 0 Å². The van der Waals surface area contributed by atoms with Crippen LogP contribution in [0.2, 0.25) is 0 Å². The summed E-state index contributed by atoms with van der Waals surface area (Å²) in [7, 11) is -3.18. The third-order valence-corrected chi connectivity index (χ3v) is 5.02. The molecule has 1 aliphatic heterocycles. The van der Waals surface area contributed by atoms with Crippen LogP contribution >= 0.6 is 11.8 Å². The van der Waals surface area contributed by atoms with Gasteiger partial charge >= 0.3 is 0 Å². The van der Waals surface area contributed by atoms with Crippen LogP contribution in [0.3, 0.4) is 0 Å². The maximum atomic E-state index is 11.9.